The number of pyridine rings is 1. The molecule has 0 N–H and O–H groups in total. The summed E-state index contributed by atoms with van der Waals surface area (Å²) >= 11 is 0. The second-order valence-corrected chi connectivity index (χ2v) is 7.70. The molecule has 156 valence electrons. The minimum absolute atomic E-state index is 0.0238. The molecule has 0 spiro atoms. The van der Waals surface area contributed by atoms with E-state index in [0.717, 1.165) is 48.8 Å². The van der Waals surface area contributed by atoms with Crippen LogP contribution < -0.4 is 4.74 Å². The van der Waals surface area contributed by atoms with E-state index in [9.17, 15) is 4.79 Å². The topological polar surface area (TPSA) is 60.2 Å². The number of aromatic nitrogens is 3. The zero-order valence-electron chi connectivity index (χ0n) is 17.6. The Kier molecular flexibility index (Phi) is 6.12. The maximum atomic E-state index is 13.1. The number of imidazole rings is 1. The molecule has 30 heavy (non-hydrogen) atoms. The van der Waals surface area contributed by atoms with E-state index in [-0.39, 0.29) is 11.9 Å². The van der Waals surface area contributed by atoms with Crippen molar-refractivity contribution >= 4 is 5.91 Å². The molecule has 4 rings (SSSR count). The highest BCUT2D eigenvalue weighted by atomic mass is 16.5. The number of ether oxygens (including phenoxy) is 1. The van der Waals surface area contributed by atoms with Crippen molar-refractivity contribution in [3.8, 4) is 5.75 Å². The van der Waals surface area contributed by atoms with Crippen LogP contribution in [0.5, 0.6) is 5.75 Å². The maximum absolute atomic E-state index is 13.1. The number of carbonyl (C=O) groups excluding carboxylic acids is 1. The first kappa shape index (κ1) is 20.1. The summed E-state index contributed by atoms with van der Waals surface area (Å²) in [5, 5.41) is 0. The van der Waals surface area contributed by atoms with Crippen LogP contribution >= 0.6 is 0 Å². The first-order valence-corrected chi connectivity index (χ1v) is 10.6. The van der Waals surface area contributed by atoms with Crippen LogP contribution in [-0.4, -0.2) is 38.5 Å². The monoisotopic (exact) mass is 404 g/mol. The second-order valence-electron chi connectivity index (χ2n) is 7.70. The Morgan fingerprint density at radius 2 is 1.90 bits per heavy atom. The van der Waals surface area contributed by atoms with Gasteiger partial charge in [0.25, 0.3) is 0 Å². The lowest BCUT2D eigenvalue weighted by Crippen LogP contribution is -2.33. The van der Waals surface area contributed by atoms with Crippen molar-refractivity contribution in [2.45, 2.75) is 45.7 Å². The Morgan fingerprint density at radius 3 is 2.63 bits per heavy atom. The van der Waals surface area contributed by atoms with Crippen molar-refractivity contribution < 1.29 is 9.53 Å². The van der Waals surface area contributed by atoms with Gasteiger partial charge in [0, 0.05) is 37.4 Å². The molecule has 1 saturated heterocycles. The Hall–Kier alpha value is -3.15. The average molecular weight is 405 g/mol. The molecule has 3 heterocycles. The molecule has 6 heteroatoms. The smallest absolute Gasteiger partial charge is 0.227 e. The Morgan fingerprint density at radius 1 is 1.13 bits per heavy atom. The third-order valence-corrected chi connectivity index (χ3v) is 5.64. The lowest BCUT2D eigenvalue weighted by atomic mass is 10.1. The van der Waals surface area contributed by atoms with Crippen molar-refractivity contribution in [3.63, 3.8) is 0 Å². The van der Waals surface area contributed by atoms with Gasteiger partial charge in [0.2, 0.25) is 5.91 Å². The zero-order valence-corrected chi connectivity index (χ0v) is 17.6. The summed E-state index contributed by atoms with van der Waals surface area (Å²) in [5.41, 5.74) is 3.29. The molecule has 0 aliphatic carbocycles. The van der Waals surface area contributed by atoms with Gasteiger partial charge in [-0.25, -0.2) is 4.98 Å². The number of benzene rings is 1. The fraction of sp³-hybridized carbons (Fsp3) is 0.375. The number of hydrogen-bond acceptors (Lipinski definition) is 4. The van der Waals surface area contributed by atoms with Crippen LogP contribution in [0.25, 0.3) is 0 Å². The van der Waals surface area contributed by atoms with Gasteiger partial charge in [-0.3, -0.25) is 9.78 Å². The van der Waals surface area contributed by atoms with Gasteiger partial charge in [-0.15, -0.1) is 0 Å². The van der Waals surface area contributed by atoms with Gasteiger partial charge in [-0.2, -0.15) is 0 Å². The number of rotatable bonds is 7. The van der Waals surface area contributed by atoms with Gasteiger partial charge in [-0.05, 0) is 62.1 Å². The molecule has 1 fully saturated rings. The predicted octanol–water partition coefficient (Wildman–Crippen LogP) is 3.94. The van der Waals surface area contributed by atoms with Gasteiger partial charge in [-0.1, -0.05) is 12.1 Å². The first-order valence-electron chi connectivity index (χ1n) is 10.6. The molecule has 0 bridgehead atoms. The number of likely N-dealkylation sites (tertiary alicyclic amines) is 1. The van der Waals surface area contributed by atoms with Crippen LogP contribution in [-0.2, 0) is 17.8 Å². The minimum Gasteiger partial charge on any atom is -0.494 e. The van der Waals surface area contributed by atoms with Crippen molar-refractivity contribution in [2.75, 3.05) is 13.2 Å². The van der Waals surface area contributed by atoms with Gasteiger partial charge in [0.15, 0.2) is 0 Å². The minimum atomic E-state index is 0.0238. The van der Waals surface area contributed by atoms with Gasteiger partial charge in [0.05, 0.1) is 19.1 Å². The fourth-order valence-electron chi connectivity index (χ4n) is 4.10. The summed E-state index contributed by atoms with van der Waals surface area (Å²) < 4.78 is 7.72. The van der Waals surface area contributed by atoms with Crippen LogP contribution in [0.4, 0.5) is 0 Å². The molecule has 1 aliphatic rings. The number of aryl methyl sites for hydroxylation is 1. The molecule has 0 saturated carbocycles. The molecule has 1 aromatic carbocycles. The number of carbonyl (C=O) groups is 1. The van der Waals surface area contributed by atoms with Crippen molar-refractivity contribution in [2.24, 2.45) is 0 Å². The summed E-state index contributed by atoms with van der Waals surface area (Å²) in [6, 6.07) is 11.9. The molecule has 1 unspecified atom stereocenters. The molecule has 3 aromatic rings. The van der Waals surface area contributed by atoms with Crippen LogP contribution in [0, 0.1) is 6.92 Å². The molecule has 1 atom stereocenters. The van der Waals surface area contributed by atoms with E-state index < -0.39 is 0 Å². The lowest BCUT2D eigenvalue weighted by molar-refractivity contribution is -0.131. The normalized spacial score (nSPS) is 16.1. The molecule has 1 aliphatic heterocycles. The van der Waals surface area contributed by atoms with Crippen LogP contribution in [0.3, 0.4) is 0 Å². The van der Waals surface area contributed by atoms with Crippen molar-refractivity contribution in [1.29, 1.82) is 0 Å². The van der Waals surface area contributed by atoms with E-state index in [0.29, 0.717) is 13.0 Å². The highest BCUT2D eigenvalue weighted by Crippen LogP contribution is 2.32. The number of nitrogens with zero attached hydrogens (tertiary/aromatic N) is 4. The highest BCUT2D eigenvalue weighted by Gasteiger charge is 2.33. The van der Waals surface area contributed by atoms with Crippen LogP contribution in [0.1, 0.15) is 48.5 Å². The van der Waals surface area contributed by atoms with Gasteiger partial charge >= 0.3 is 0 Å². The van der Waals surface area contributed by atoms with E-state index >= 15 is 0 Å². The van der Waals surface area contributed by atoms with E-state index in [1.165, 1.54) is 5.56 Å². The molecule has 2 aromatic heterocycles. The highest BCUT2D eigenvalue weighted by molar-refractivity contribution is 5.79. The zero-order chi connectivity index (χ0) is 20.9. The van der Waals surface area contributed by atoms with E-state index in [4.69, 9.17) is 9.72 Å². The molecular formula is C24H28N4O2. The summed E-state index contributed by atoms with van der Waals surface area (Å²) in [5.74, 6) is 1.96. The van der Waals surface area contributed by atoms with Crippen molar-refractivity contribution in [3.05, 3.63) is 77.6 Å². The summed E-state index contributed by atoms with van der Waals surface area (Å²) in [4.78, 5) is 23.9. The SMILES string of the molecule is CCOc1ccc(CC(=O)N2CCCC2c2ncc(C)n2Cc2ccncc2)cc1. The Bertz CT molecular complexity index is 982. The predicted molar refractivity (Wildman–Crippen MR) is 115 cm³/mol. The van der Waals surface area contributed by atoms with Crippen LogP contribution in [0.2, 0.25) is 0 Å². The molecule has 6 nitrogen and oxygen atoms in total. The number of hydrogen-bond donors (Lipinski definition) is 0. The van der Waals surface area contributed by atoms with Gasteiger partial charge < -0.3 is 14.2 Å². The van der Waals surface area contributed by atoms with E-state index in [1.807, 2.05) is 66.8 Å². The summed E-state index contributed by atoms with van der Waals surface area (Å²) in [6.07, 6.45) is 7.87. The fourth-order valence-corrected chi connectivity index (χ4v) is 4.10. The standard InChI is InChI=1S/C24H28N4O2/c1-3-30-21-8-6-19(7-9-21)15-23(29)27-14-4-5-22(27)24-26-16-18(2)28(24)17-20-10-12-25-13-11-20/h6-13,16,22H,3-5,14-15,17H2,1-2H3. The van der Waals surface area contributed by atoms with E-state index in [1.54, 1.807) is 0 Å². The Labute approximate surface area is 177 Å². The quantitative estimate of drug-likeness (QED) is 0.598. The largest absolute Gasteiger partial charge is 0.494 e. The lowest BCUT2D eigenvalue weighted by Gasteiger charge is -2.25. The maximum Gasteiger partial charge on any atom is 0.227 e. The first-order chi connectivity index (χ1) is 14.7. The van der Waals surface area contributed by atoms with E-state index in [2.05, 4.69) is 16.5 Å². The van der Waals surface area contributed by atoms with Gasteiger partial charge in [0.1, 0.15) is 11.6 Å². The molecule has 1 amide bonds. The second kappa shape index (κ2) is 9.11. The molecular weight excluding hydrogens is 376 g/mol. The average Bonchev–Trinajstić information content (AvgIpc) is 3.38. The summed E-state index contributed by atoms with van der Waals surface area (Å²) in [7, 11) is 0. The number of amides is 1. The Balaban J connectivity index is 1.50. The van der Waals surface area contributed by atoms with Crippen molar-refractivity contribution in [1.82, 2.24) is 19.4 Å². The third-order valence-electron chi connectivity index (χ3n) is 5.64. The molecule has 0 radical (unpaired) electrons. The third kappa shape index (κ3) is 4.37. The van der Waals surface area contributed by atoms with Crippen LogP contribution in [0.15, 0.2) is 55.0 Å². The summed E-state index contributed by atoms with van der Waals surface area (Å²) in [6.45, 7) is 6.19.